The Labute approximate surface area is 185 Å². The van der Waals surface area contributed by atoms with Crippen LogP contribution >= 0.6 is 0 Å². The van der Waals surface area contributed by atoms with Crippen LogP contribution in [0.25, 0.3) is 6.08 Å². The molecule has 1 aliphatic heterocycles. The molecule has 1 fully saturated rings. The van der Waals surface area contributed by atoms with Crippen LogP contribution in [0.5, 0.6) is 0 Å². The molecule has 3 N–H and O–H groups in total. The molecule has 168 valence electrons. The summed E-state index contributed by atoms with van der Waals surface area (Å²) in [5, 5.41) is 13.1. The van der Waals surface area contributed by atoms with E-state index in [2.05, 4.69) is 49.9 Å². The number of hydrogen-bond donors (Lipinski definition) is 2. The van der Waals surface area contributed by atoms with Crippen molar-refractivity contribution in [2.75, 3.05) is 26.2 Å². The molecule has 9 heteroatoms. The summed E-state index contributed by atoms with van der Waals surface area (Å²) in [4.78, 5) is 14.4. The molecular formula is C23H26F2N6O. The van der Waals surface area contributed by atoms with Gasteiger partial charge in [0.1, 0.15) is 11.5 Å². The van der Waals surface area contributed by atoms with Crippen molar-refractivity contribution in [3.05, 3.63) is 71.8 Å². The van der Waals surface area contributed by atoms with Crippen LogP contribution < -0.4 is 11.1 Å². The summed E-state index contributed by atoms with van der Waals surface area (Å²) >= 11 is 0. The van der Waals surface area contributed by atoms with Gasteiger partial charge in [-0.25, -0.2) is 8.78 Å². The van der Waals surface area contributed by atoms with Gasteiger partial charge in [-0.05, 0) is 54.8 Å². The molecule has 2 aromatic rings. The molecule has 1 heterocycles. The minimum atomic E-state index is -0.881. The van der Waals surface area contributed by atoms with Gasteiger partial charge >= 0.3 is 0 Å². The summed E-state index contributed by atoms with van der Waals surface area (Å²) in [6, 6.07) is 13.0. The molecule has 1 amide bonds. The highest BCUT2D eigenvalue weighted by molar-refractivity contribution is 6.37. The quantitative estimate of drug-likeness (QED) is 0.296. The van der Waals surface area contributed by atoms with E-state index in [0.29, 0.717) is 18.5 Å². The fraction of sp³-hybridized carbons (Fsp3) is 0.304. The lowest BCUT2D eigenvalue weighted by Crippen LogP contribution is -2.42. The lowest BCUT2D eigenvalue weighted by Gasteiger charge is -2.31. The van der Waals surface area contributed by atoms with Gasteiger partial charge in [-0.1, -0.05) is 42.5 Å². The number of nitrogens with zero attached hydrogens (tertiary/aromatic N) is 4. The summed E-state index contributed by atoms with van der Waals surface area (Å²) in [5.74, 6) is -2.18. The molecular weight excluding hydrogens is 414 g/mol. The lowest BCUT2D eigenvalue weighted by atomic mass is 9.97. The van der Waals surface area contributed by atoms with Crippen LogP contribution in [0, 0.1) is 17.6 Å². The van der Waals surface area contributed by atoms with E-state index < -0.39 is 17.5 Å². The van der Waals surface area contributed by atoms with Crippen molar-refractivity contribution in [3.8, 4) is 0 Å². The molecule has 1 aliphatic rings. The van der Waals surface area contributed by atoms with Crippen molar-refractivity contribution < 1.29 is 13.6 Å². The minimum absolute atomic E-state index is 0.200. The average Bonchev–Trinajstić information content (AvgIpc) is 2.80. The Kier molecular flexibility index (Phi) is 8.56. The SMILES string of the molecule is N/C(=N\N=Nc1ccc(F)cc1F)C(=O)NCC1CCN(C/C=C/c2ccccc2)CC1. The van der Waals surface area contributed by atoms with Crippen LogP contribution in [0.2, 0.25) is 0 Å². The largest absolute Gasteiger partial charge is 0.378 e. The number of halogens is 2. The van der Waals surface area contributed by atoms with Crippen molar-refractivity contribution in [1.82, 2.24) is 10.2 Å². The van der Waals surface area contributed by atoms with Gasteiger partial charge in [-0.15, -0.1) is 10.2 Å². The topological polar surface area (TPSA) is 95.4 Å². The maximum absolute atomic E-state index is 13.5. The standard InChI is InChI=1S/C23H26F2N6O/c24-19-8-9-21(20(25)15-19)28-30-29-22(26)23(32)27-16-18-10-13-31(14-11-18)12-4-7-17-5-2-1-3-6-17/h1-9,15,18H,10-14,16H2,(H,27,32)(H2,26,28,29)/b7-4+. The van der Waals surface area contributed by atoms with Crippen molar-refractivity contribution in [2.24, 2.45) is 27.1 Å². The van der Waals surface area contributed by atoms with Crippen molar-refractivity contribution in [1.29, 1.82) is 0 Å². The number of amides is 1. The fourth-order valence-corrected chi connectivity index (χ4v) is 3.33. The molecule has 0 aromatic heterocycles. The molecule has 0 spiro atoms. The summed E-state index contributed by atoms with van der Waals surface area (Å²) in [6.45, 7) is 3.31. The van der Waals surface area contributed by atoms with E-state index in [9.17, 15) is 13.6 Å². The third kappa shape index (κ3) is 7.35. The second-order valence-corrected chi connectivity index (χ2v) is 7.54. The third-order valence-electron chi connectivity index (χ3n) is 5.18. The van der Waals surface area contributed by atoms with Crippen molar-refractivity contribution in [3.63, 3.8) is 0 Å². The molecule has 0 bridgehead atoms. The first-order chi connectivity index (χ1) is 15.5. The zero-order valence-electron chi connectivity index (χ0n) is 17.6. The van der Waals surface area contributed by atoms with E-state index in [1.807, 2.05) is 18.2 Å². The second-order valence-electron chi connectivity index (χ2n) is 7.54. The lowest BCUT2D eigenvalue weighted by molar-refractivity contribution is -0.115. The smallest absolute Gasteiger partial charge is 0.288 e. The van der Waals surface area contributed by atoms with Crippen LogP contribution in [0.1, 0.15) is 18.4 Å². The Morgan fingerprint density at radius 1 is 1.16 bits per heavy atom. The number of piperidine rings is 1. The van der Waals surface area contributed by atoms with Gasteiger partial charge in [0.2, 0.25) is 5.84 Å². The van der Waals surface area contributed by atoms with Crippen molar-refractivity contribution >= 4 is 23.5 Å². The average molecular weight is 440 g/mol. The Morgan fingerprint density at radius 2 is 1.91 bits per heavy atom. The van der Waals surface area contributed by atoms with Crippen molar-refractivity contribution in [2.45, 2.75) is 12.8 Å². The Bertz CT molecular complexity index is 985. The molecule has 0 unspecified atom stereocenters. The third-order valence-corrected chi connectivity index (χ3v) is 5.18. The number of carbonyl (C=O) groups excluding carboxylic acids is 1. The minimum Gasteiger partial charge on any atom is -0.378 e. The Morgan fingerprint density at radius 3 is 2.62 bits per heavy atom. The van der Waals surface area contributed by atoms with Gasteiger partial charge in [0.25, 0.3) is 5.91 Å². The Hall–Kier alpha value is -3.46. The zero-order valence-corrected chi connectivity index (χ0v) is 17.6. The molecule has 2 aromatic carbocycles. The van der Waals surface area contributed by atoms with Crippen LogP contribution in [-0.2, 0) is 4.79 Å². The van der Waals surface area contributed by atoms with Gasteiger partial charge in [0.15, 0.2) is 5.82 Å². The molecule has 1 saturated heterocycles. The summed E-state index contributed by atoms with van der Waals surface area (Å²) in [5.41, 5.74) is 6.59. The Balaban J connectivity index is 1.37. The first kappa shape index (κ1) is 23.2. The number of carbonyl (C=O) groups is 1. The molecule has 7 nitrogen and oxygen atoms in total. The number of nitrogens with two attached hydrogens (primary N) is 1. The summed E-state index contributed by atoms with van der Waals surface area (Å²) in [7, 11) is 0. The number of rotatable bonds is 7. The zero-order chi connectivity index (χ0) is 22.8. The van der Waals surface area contributed by atoms with Crippen LogP contribution in [0.3, 0.4) is 0 Å². The predicted octanol–water partition coefficient (Wildman–Crippen LogP) is 3.86. The number of amidine groups is 1. The number of hydrogen-bond acceptors (Lipinski definition) is 4. The second kappa shape index (κ2) is 11.8. The normalized spacial score (nSPS) is 16.1. The van der Waals surface area contributed by atoms with Gasteiger partial charge in [-0.2, -0.15) is 0 Å². The van der Waals surface area contributed by atoms with E-state index in [1.54, 1.807) is 0 Å². The van der Waals surface area contributed by atoms with Gasteiger partial charge in [0.05, 0.1) is 0 Å². The van der Waals surface area contributed by atoms with E-state index in [4.69, 9.17) is 5.73 Å². The van der Waals surface area contributed by atoms with Crippen LogP contribution in [0.15, 0.2) is 70.0 Å². The van der Waals surface area contributed by atoms with E-state index in [1.165, 1.54) is 5.56 Å². The van der Waals surface area contributed by atoms with Gasteiger partial charge in [-0.3, -0.25) is 9.69 Å². The highest BCUT2D eigenvalue weighted by atomic mass is 19.1. The number of benzene rings is 2. The number of likely N-dealkylation sites (tertiary alicyclic amines) is 1. The molecule has 3 rings (SSSR count). The van der Waals surface area contributed by atoms with E-state index >= 15 is 0 Å². The molecule has 0 atom stereocenters. The summed E-state index contributed by atoms with van der Waals surface area (Å²) < 4.78 is 26.3. The molecule has 32 heavy (non-hydrogen) atoms. The van der Waals surface area contributed by atoms with Crippen LogP contribution in [-0.4, -0.2) is 42.8 Å². The van der Waals surface area contributed by atoms with Gasteiger partial charge in [0, 0.05) is 19.2 Å². The van der Waals surface area contributed by atoms with E-state index in [-0.39, 0.29) is 11.5 Å². The molecule has 0 saturated carbocycles. The fourth-order valence-electron chi connectivity index (χ4n) is 3.33. The molecule has 0 radical (unpaired) electrons. The van der Waals surface area contributed by atoms with Crippen LogP contribution in [0.4, 0.5) is 14.5 Å². The first-order valence-corrected chi connectivity index (χ1v) is 10.4. The maximum Gasteiger partial charge on any atom is 0.288 e. The maximum atomic E-state index is 13.5. The predicted molar refractivity (Wildman–Crippen MR) is 120 cm³/mol. The van der Waals surface area contributed by atoms with E-state index in [0.717, 1.165) is 44.6 Å². The highest BCUT2D eigenvalue weighted by Gasteiger charge is 2.19. The first-order valence-electron chi connectivity index (χ1n) is 10.4. The summed E-state index contributed by atoms with van der Waals surface area (Å²) in [6.07, 6.45) is 6.23. The number of nitrogens with one attached hydrogen (secondary N) is 1. The monoisotopic (exact) mass is 440 g/mol. The highest BCUT2D eigenvalue weighted by Crippen LogP contribution is 2.19. The molecule has 0 aliphatic carbocycles. The van der Waals surface area contributed by atoms with Gasteiger partial charge < -0.3 is 11.1 Å².